The quantitative estimate of drug-likeness (QED) is 0.639. The van der Waals surface area contributed by atoms with Crippen LogP contribution < -0.4 is 15.0 Å². The van der Waals surface area contributed by atoms with Gasteiger partial charge in [0.25, 0.3) is 5.91 Å². The molecule has 1 aromatic heterocycles. The van der Waals surface area contributed by atoms with Crippen molar-refractivity contribution in [3.05, 3.63) is 57.4 Å². The maximum atomic E-state index is 12.9. The minimum absolute atomic E-state index is 0.0919. The van der Waals surface area contributed by atoms with Crippen LogP contribution >= 0.6 is 11.3 Å². The second kappa shape index (κ2) is 8.15. The molecule has 0 spiro atoms. The van der Waals surface area contributed by atoms with Gasteiger partial charge in [-0.1, -0.05) is 17.7 Å². The number of nitrogens with zero attached hydrogens (tertiary/aromatic N) is 2. The highest BCUT2D eigenvalue weighted by molar-refractivity contribution is 7.11. The van der Waals surface area contributed by atoms with Gasteiger partial charge in [0.05, 0.1) is 16.4 Å². The Balaban J connectivity index is 1.64. The van der Waals surface area contributed by atoms with Crippen LogP contribution in [0.5, 0.6) is 5.75 Å². The lowest BCUT2D eigenvalue weighted by Gasteiger charge is -2.33. The van der Waals surface area contributed by atoms with Gasteiger partial charge in [0.1, 0.15) is 12.3 Å². The Kier molecular flexibility index (Phi) is 5.54. The molecule has 31 heavy (non-hydrogen) atoms. The van der Waals surface area contributed by atoms with Crippen molar-refractivity contribution in [2.24, 2.45) is 0 Å². The van der Waals surface area contributed by atoms with E-state index in [9.17, 15) is 9.59 Å². The van der Waals surface area contributed by atoms with Crippen LogP contribution in [0.15, 0.2) is 36.4 Å². The SMILES string of the molecule is Cc1ccc(NC(=O)CN2C(=O)C(C)Oc3ccc(-c4nc(C)sc4C)cc32)c(C)c1. The third-order valence-corrected chi connectivity index (χ3v) is 6.19. The second-order valence-electron chi connectivity index (χ2n) is 7.87. The summed E-state index contributed by atoms with van der Waals surface area (Å²) in [6.07, 6.45) is -0.657. The molecule has 6 nitrogen and oxygen atoms in total. The molecular formula is C24H25N3O3S. The molecule has 0 radical (unpaired) electrons. The molecule has 1 N–H and O–H groups in total. The lowest BCUT2D eigenvalue weighted by Crippen LogP contribution is -2.47. The largest absolute Gasteiger partial charge is 0.479 e. The van der Waals surface area contributed by atoms with Crippen LogP contribution in [0.2, 0.25) is 0 Å². The van der Waals surface area contributed by atoms with Gasteiger partial charge in [0.15, 0.2) is 6.10 Å². The van der Waals surface area contributed by atoms with E-state index in [1.54, 1.807) is 18.3 Å². The van der Waals surface area contributed by atoms with Crippen LogP contribution in [-0.2, 0) is 9.59 Å². The summed E-state index contributed by atoms with van der Waals surface area (Å²) in [6.45, 7) is 9.56. The van der Waals surface area contributed by atoms with Crippen LogP contribution in [0.25, 0.3) is 11.3 Å². The maximum absolute atomic E-state index is 12.9. The van der Waals surface area contributed by atoms with Crippen molar-refractivity contribution in [3.63, 3.8) is 0 Å². The van der Waals surface area contributed by atoms with E-state index in [1.165, 1.54) is 4.90 Å². The molecule has 160 valence electrons. The molecular weight excluding hydrogens is 410 g/mol. The summed E-state index contributed by atoms with van der Waals surface area (Å²) >= 11 is 1.63. The molecule has 0 saturated carbocycles. The monoisotopic (exact) mass is 435 g/mol. The second-order valence-corrected chi connectivity index (χ2v) is 9.28. The Hall–Kier alpha value is -3.19. The molecule has 3 aromatic rings. The van der Waals surface area contributed by atoms with E-state index >= 15 is 0 Å². The van der Waals surface area contributed by atoms with E-state index in [4.69, 9.17) is 4.74 Å². The molecule has 1 unspecified atom stereocenters. The molecule has 2 aromatic carbocycles. The van der Waals surface area contributed by atoms with Crippen molar-refractivity contribution in [1.82, 2.24) is 4.98 Å². The molecule has 1 aliphatic heterocycles. The number of carbonyl (C=O) groups is 2. The van der Waals surface area contributed by atoms with Crippen LogP contribution in [-0.4, -0.2) is 29.4 Å². The van der Waals surface area contributed by atoms with E-state index in [2.05, 4.69) is 10.3 Å². The smallest absolute Gasteiger partial charge is 0.268 e. The molecule has 1 aliphatic rings. The summed E-state index contributed by atoms with van der Waals surface area (Å²) in [4.78, 5) is 33.0. The van der Waals surface area contributed by atoms with Crippen molar-refractivity contribution in [2.75, 3.05) is 16.8 Å². The summed E-state index contributed by atoms with van der Waals surface area (Å²) in [5, 5.41) is 3.91. The van der Waals surface area contributed by atoms with Crippen molar-refractivity contribution < 1.29 is 14.3 Å². The van der Waals surface area contributed by atoms with Gasteiger partial charge in [-0.25, -0.2) is 4.98 Å². The molecule has 0 fully saturated rings. The van der Waals surface area contributed by atoms with Crippen LogP contribution in [0.4, 0.5) is 11.4 Å². The van der Waals surface area contributed by atoms with Crippen LogP contribution in [0, 0.1) is 27.7 Å². The molecule has 0 bridgehead atoms. The van der Waals surface area contributed by atoms with Crippen LogP contribution in [0.1, 0.15) is 27.9 Å². The van der Waals surface area contributed by atoms with Gasteiger partial charge in [-0.3, -0.25) is 14.5 Å². The van der Waals surface area contributed by atoms with Gasteiger partial charge in [0.2, 0.25) is 5.91 Å². The number of anilines is 2. The first kappa shape index (κ1) is 21.1. The van der Waals surface area contributed by atoms with Crippen molar-refractivity contribution in [2.45, 2.75) is 40.7 Å². The number of hydrogen-bond acceptors (Lipinski definition) is 5. The van der Waals surface area contributed by atoms with Gasteiger partial charge in [-0.05, 0) is 64.4 Å². The first-order valence-corrected chi connectivity index (χ1v) is 11.0. The highest BCUT2D eigenvalue weighted by Crippen LogP contribution is 2.38. The van der Waals surface area contributed by atoms with Crippen molar-refractivity contribution in [1.29, 1.82) is 0 Å². The number of aromatic nitrogens is 1. The lowest BCUT2D eigenvalue weighted by molar-refractivity contribution is -0.127. The molecule has 4 rings (SSSR count). The average Bonchev–Trinajstić information content (AvgIpc) is 3.05. The van der Waals surface area contributed by atoms with Gasteiger partial charge in [-0.2, -0.15) is 0 Å². The van der Waals surface area contributed by atoms with Crippen molar-refractivity contribution in [3.8, 4) is 17.0 Å². The van der Waals surface area contributed by atoms with Gasteiger partial charge in [-0.15, -0.1) is 11.3 Å². The number of carbonyl (C=O) groups excluding carboxylic acids is 2. The number of amides is 2. The highest BCUT2D eigenvalue weighted by Gasteiger charge is 2.33. The maximum Gasteiger partial charge on any atom is 0.268 e. The summed E-state index contributed by atoms with van der Waals surface area (Å²) in [5.41, 5.74) is 5.21. The fourth-order valence-electron chi connectivity index (χ4n) is 3.80. The van der Waals surface area contributed by atoms with Gasteiger partial charge < -0.3 is 10.1 Å². The van der Waals surface area contributed by atoms with E-state index in [0.717, 1.165) is 38.0 Å². The van der Waals surface area contributed by atoms with E-state index in [0.29, 0.717) is 11.4 Å². The predicted octanol–water partition coefficient (Wildman–Crippen LogP) is 4.80. The average molecular weight is 436 g/mol. The molecule has 1 atom stereocenters. The highest BCUT2D eigenvalue weighted by atomic mass is 32.1. The first-order valence-electron chi connectivity index (χ1n) is 10.2. The van der Waals surface area contributed by atoms with Crippen LogP contribution in [0.3, 0.4) is 0 Å². The number of fused-ring (bicyclic) bond motifs is 1. The fourth-order valence-corrected chi connectivity index (χ4v) is 4.64. The molecule has 2 amide bonds. The number of aryl methyl sites for hydroxylation is 4. The Labute approximate surface area is 185 Å². The zero-order valence-electron chi connectivity index (χ0n) is 18.3. The predicted molar refractivity (Wildman–Crippen MR) is 124 cm³/mol. The molecule has 2 heterocycles. The normalized spacial score (nSPS) is 15.5. The summed E-state index contributed by atoms with van der Waals surface area (Å²) in [5.74, 6) is 0.0813. The number of nitrogens with one attached hydrogen (secondary N) is 1. The molecule has 0 aliphatic carbocycles. The Bertz CT molecular complexity index is 1180. The van der Waals surface area contributed by atoms with Gasteiger partial charge >= 0.3 is 0 Å². The lowest BCUT2D eigenvalue weighted by atomic mass is 10.1. The first-order chi connectivity index (χ1) is 14.7. The third kappa shape index (κ3) is 4.18. The van der Waals surface area contributed by atoms with E-state index in [-0.39, 0.29) is 18.4 Å². The van der Waals surface area contributed by atoms with E-state index in [1.807, 2.05) is 64.1 Å². The number of thiazole rings is 1. The summed E-state index contributed by atoms with van der Waals surface area (Å²) in [7, 11) is 0. The summed E-state index contributed by atoms with van der Waals surface area (Å²) in [6, 6.07) is 11.5. The Morgan fingerprint density at radius 2 is 1.94 bits per heavy atom. The van der Waals surface area contributed by atoms with Gasteiger partial charge in [0, 0.05) is 16.1 Å². The fraction of sp³-hybridized carbons (Fsp3) is 0.292. The third-order valence-electron chi connectivity index (χ3n) is 5.30. The Morgan fingerprint density at radius 3 is 2.61 bits per heavy atom. The molecule has 0 saturated heterocycles. The van der Waals surface area contributed by atoms with Crippen molar-refractivity contribution >= 4 is 34.5 Å². The standard InChI is InChI=1S/C24H25N3O3S/c1-13-6-8-19(14(2)10-13)26-22(28)12-27-20-11-18(23-16(4)31-17(5)25-23)7-9-21(20)30-15(3)24(27)29/h6-11,15H,12H2,1-5H3,(H,26,28). The Morgan fingerprint density at radius 1 is 1.16 bits per heavy atom. The van der Waals surface area contributed by atoms with E-state index < -0.39 is 6.10 Å². The zero-order valence-corrected chi connectivity index (χ0v) is 19.1. The minimum atomic E-state index is -0.657. The minimum Gasteiger partial charge on any atom is -0.479 e. The number of benzene rings is 2. The molecule has 7 heteroatoms. The zero-order chi connectivity index (χ0) is 22.3. The number of hydrogen-bond donors (Lipinski definition) is 1. The number of rotatable bonds is 4. The summed E-state index contributed by atoms with van der Waals surface area (Å²) < 4.78 is 5.79. The number of ether oxygens (including phenoxy) is 1. The topological polar surface area (TPSA) is 71.5 Å².